The number of carboxylic acid groups (broad SMARTS) is 1. The first-order valence-electron chi connectivity index (χ1n) is 5.16. The number of hydrogen-bond acceptors (Lipinski definition) is 2. The van der Waals surface area contributed by atoms with Crippen LogP contribution < -0.4 is 5.73 Å². The third-order valence-electron chi connectivity index (χ3n) is 2.80. The van der Waals surface area contributed by atoms with Gasteiger partial charge < -0.3 is 10.8 Å². The predicted octanol–water partition coefficient (Wildman–Crippen LogP) is 2.18. The van der Waals surface area contributed by atoms with Gasteiger partial charge in [-0.1, -0.05) is 32.1 Å². The van der Waals surface area contributed by atoms with Gasteiger partial charge in [0.15, 0.2) is 0 Å². The number of carboxylic acids is 1. The number of carbonyl (C=O) groups is 1. The van der Waals surface area contributed by atoms with Crippen molar-refractivity contribution in [1.82, 2.24) is 0 Å². The quantitative estimate of drug-likeness (QED) is 0.765. The van der Waals surface area contributed by atoms with Gasteiger partial charge in [-0.15, -0.1) is 12.4 Å². The lowest BCUT2D eigenvalue weighted by Gasteiger charge is -2.23. The highest BCUT2D eigenvalue weighted by molar-refractivity contribution is 5.85. The largest absolute Gasteiger partial charge is 0.481 e. The predicted molar refractivity (Wildman–Crippen MR) is 58.7 cm³/mol. The molecule has 0 aromatic carbocycles. The van der Waals surface area contributed by atoms with Gasteiger partial charge in [-0.3, -0.25) is 4.79 Å². The molecule has 0 amide bonds. The Morgan fingerprint density at radius 2 is 1.93 bits per heavy atom. The molecular formula is C10H20ClNO2. The van der Waals surface area contributed by atoms with Crippen LogP contribution in [0.4, 0.5) is 0 Å². The summed E-state index contributed by atoms with van der Waals surface area (Å²) in [5, 5.41) is 8.53. The monoisotopic (exact) mass is 221 g/mol. The molecule has 0 unspecified atom stereocenters. The fraction of sp³-hybridized carbons (Fsp3) is 0.900. The lowest BCUT2D eigenvalue weighted by atomic mass is 9.84. The Bertz CT molecular complexity index is 170. The highest BCUT2D eigenvalue weighted by Crippen LogP contribution is 2.27. The molecule has 0 spiro atoms. The van der Waals surface area contributed by atoms with E-state index in [-0.39, 0.29) is 24.9 Å². The molecule has 4 heteroatoms. The molecule has 3 N–H and O–H groups in total. The molecule has 0 saturated heterocycles. The number of aliphatic carboxylic acids is 1. The molecule has 0 aromatic rings. The Balaban J connectivity index is 0.00000169. The zero-order chi connectivity index (χ0) is 9.68. The lowest BCUT2D eigenvalue weighted by Crippen LogP contribution is -2.27. The standard InChI is InChI=1S/C10H19NO2.ClH/c11-9(7-10(12)13)6-8-4-2-1-3-5-8;/h8-9H,1-7,11H2,(H,12,13);1H/t9-;/m1./s1. The molecule has 1 fully saturated rings. The molecule has 0 aromatic heterocycles. The van der Waals surface area contributed by atoms with Crippen LogP contribution in [0.1, 0.15) is 44.9 Å². The summed E-state index contributed by atoms with van der Waals surface area (Å²) in [5.41, 5.74) is 5.72. The second-order valence-corrected chi connectivity index (χ2v) is 4.10. The van der Waals surface area contributed by atoms with Crippen molar-refractivity contribution in [1.29, 1.82) is 0 Å². The molecule has 1 aliphatic carbocycles. The maximum atomic E-state index is 10.4. The fourth-order valence-corrected chi connectivity index (χ4v) is 2.16. The fourth-order valence-electron chi connectivity index (χ4n) is 2.16. The SMILES string of the molecule is Cl.N[C@@H](CC(=O)O)CC1CCCCC1. The summed E-state index contributed by atoms with van der Waals surface area (Å²) < 4.78 is 0. The Hall–Kier alpha value is -0.280. The third-order valence-corrected chi connectivity index (χ3v) is 2.80. The summed E-state index contributed by atoms with van der Waals surface area (Å²) in [6.45, 7) is 0. The molecule has 1 rings (SSSR count). The van der Waals surface area contributed by atoms with Crippen molar-refractivity contribution < 1.29 is 9.90 Å². The van der Waals surface area contributed by atoms with E-state index in [1.54, 1.807) is 0 Å². The molecule has 0 bridgehead atoms. The van der Waals surface area contributed by atoms with E-state index in [9.17, 15) is 4.79 Å². The van der Waals surface area contributed by atoms with Gasteiger partial charge in [0.25, 0.3) is 0 Å². The highest BCUT2D eigenvalue weighted by Gasteiger charge is 2.17. The van der Waals surface area contributed by atoms with E-state index in [1.807, 2.05) is 0 Å². The van der Waals surface area contributed by atoms with E-state index < -0.39 is 5.97 Å². The average molecular weight is 222 g/mol. The molecule has 3 nitrogen and oxygen atoms in total. The summed E-state index contributed by atoms with van der Waals surface area (Å²) in [5.74, 6) is -0.0913. The Morgan fingerprint density at radius 1 is 1.36 bits per heavy atom. The van der Waals surface area contributed by atoms with Crippen molar-refractivity contribution in [3.05, 3.63) is 0 Å². The first-order valence-corrected chi connectivity index (χ1v) is 5.16. The van der Waals surface area contributed by atoms with Gasteiger partial charge in [-0.25, -0.2) is 0 Å². The second-order valence-electron chi connectivity index (χ2n) is 4.10. The van der Waals surface area contributed by atoms with Crippen molar-refractivity contribution in [3.8, 4) is 0 Å². The van der Waals surface area contributed by atoms with Crippen molar-refractivity contribution in [2.24, 2.45) is 11.7 Å². The van der Waals surface area contributed by atoms with E-state index >= 15 is 0 Å². The van der Waals surface area contributed by atoms with Crippen LogP contribution in [-0.2, 0) is 4.79 Å². The average Bonchev–Trinajstić information content (AvgIpc) is 2.04. The molecule has 0 aliphatic heterocycles. The van der Waals surface area contributed by atoms with Gasteiger partial charge in [-0.05, 0) is 12.3 Å². The van der Waals surface area contributed by atoms with E-state index in [0.717, 1.165) is 6.42 Å². The molecule has 1 atom stereocenters. The lowest BCUT2D eigenvalue weighted by molar-refractivity contribution is -0.137. The van der Waals surface area contributed by atoms with Gasteiger partial charge in [0.2, 0.25) is 0 Å². The van der Waals surface area contributed by atoms with Crippen LogP contribution in [0.3, 0.4) is 0 Å². The molecule has 0 heterocycles. The van der Waals surface area contributed by atoms with E-state index in [0.29, 0.717) is 5.92 Å². The van der Waals surface area contributed by atoms with Gasteiger partial charge in [-0.2, -0.15) is 0 Å². The molecule has 1 aliphatic rings. The Labute approximate surface area is 91.5 Å². The van der Waals surface area contributed by atoms with Crippen LogP contribution in [0.2, 0.25) is 0 Å². The van der Waals surface area contributed by atoms with Gasteiger partial charge in [0, 0.05) is 6.04 Å². The van der Waals surface area contributed by atoms with Gasteiger partial charge in [0.1, 0.15) is 0 Å². The number of hydrogen-bond donors (Lipinski definition) is 2. The molecule has 14 heavy (non-hydrogen) atoms. The van der Waals surface area contributed by atoms with Crippen LogP contribution in [-0.4, -0.2) is 17.1 Å². The summed E-state index contributed by atoms with van der Waals surface area (Å²) >= 11 is 0. The molecular weight excluding hydrogens is 202 g/mol. The summed E-state index contributed by atoms with van der Waals surface area (Å²) in [6, 6.07) is -0.138. The molecule has 84 valence electrons. The number of nitrogens with two attached hydrogens (primary N) is 1. The first-order chi connectivity index (χ1) is 6.18. The number of halogens is 1. The summed E-state index contributed by atoms with van der Waals surface area (Å²) in [6.07, 6.45) is 7.43. The zero-order valence-corrected chi connectivity index (χ0v) is 9.26. The van der Waals surface area contributed by atoms with Crippen molar-refractivity contribution >= 4 is 18.4 Å². The van der Waals surface area contributed by atoms with Crippen molar-refractivity contribution in [3.63, 3.8) is 0 Å². The van der Waals surface area contributed by atoms with Gasteiger partial charge in [0.05, 0.1) is 6.42 Å². The molecule has 1 saturated carbocycles. The second kappa shape index (κ2) is 7.07. The van der Waals surface area contributed by atoms with Crippen LogP contribution in [0, 0.1) is 5.92 Å². The van der Waals surface area contributed by atoms with E-state index in [4.69, 9.17) is 10.8 Å². The minimum absolute atomic E-state index is 0. The number of rotatable bonds is 4. The van der Waals surface area contributed by atoms with Gasteiger partial charge >= 0.3 is 5.97 Å². The summed E-state index contributed by atoms with van der Waals surface area (Å²) in [4.78, 5) is 10.4. The Morgan fingerprint density at radius 3 is 2.43 bits per heavy atom. The highest BCUT2D eigenvalue weighted by atomic mass is 35.5. The zero-order valence-electron chi connectivity index (χ0n) is 8.45. The smallest absolute Gasteiger partial charge is 0.304 e. The van der Waals surface area contributed by atoms with E-state index in [1.165, 1.54) is 32.1 Å². The summed E-state index contributed by atoms with van der Waals surface area (Å²) in [7, 11) is 0. The van der Waals surface area contributed by atoms with Crippen molar-refractivity contribution in [2.45, 2.75) is 51.0 Å². The third kappa shape index (κ3) is 5.45. The first kappa shape index (κ1) is 13.7. The molecule has 0 radical (unpaired) electrons. The van der Waals surface area contributed by atoms with Crippen LogP contribution >= 0.6 is 12.4 Å². The maximum Gasteiger partial charge on any atom is 0.304 e. The normalized spacial score (nSPS) is 19.8. The minimum atomic E-state index is -0.775. The van der Waals surface area contributed by atoms with Crippen LogP contribution in [0.15, 0.2) is 0 Å². The topological polar surface area (TPSA) is 63.3 Å². The van der Waals surface area contributed by atoms with Crippen LogP contribution in [0.5, 0.6) is 0 Å². The van der Waals surface area contributed by atoms with Crippen LogP contribution in [0.25, 0.3) is 0 Å². The maximum absolute atomic E-state index is 10.4. The van der Waals surface area contributed by atoms with Crippen molar-refractivity contribution in [2.75, 3.05) is 0 Å². The Kier molecular flexibility index (Phi) is 6.93. The van der Waals surface area contributed by atoms with E-state index in [2.05, 4.69) is 0 Å². The minimum Gasteiger partial charge on any atom is -0.481 e.